The van der Waals surface area contributed by atoms with Crippen LogP contribution < -0.4 is 11.2 Å². The van der Waals surface area contributed by atoms with Gasteiger partial charge in [-0.15, -0.1) is 0 Å². The van der Waals surface area contributed by atoms with Crippen LogP contribution in [0.4, 0.5) is 0 Å². The molecular formula is C18H25Cl2N3O3. The first kappa shape index (κ1) is 21.0. The van der Waals surface area contributed by atoms with Gasteiger partial charge in [-0.2, -0.15) is 0 Å². The molecule has 0 bridgehead atoms. The lowest BCUT2D eigenvalue weighted by molar-refractivity contribution is -0.134. The Labute approximate surface area is 163 Å². The monoisotopic (exact) mass is 401 g/mol. The SMILES string of the molecule is N[C@H](Cc1ccc(Cl)c(Cl)c1)C(=O)N1CCC(CCCC(=O)NO)CC1. The second-order valence-electron chi connectivity index (χ2n) is 6.75. The van der Waals surface area contributed by atoms with E-state index in [-0.39, 0.29) is 11.8 Å². The van der Waals surface area contributed by atoms with E-state index in [1.54, 1.807) is 17.6 Å². The fourth-order valence-electron chi connectivity index (χ4n) is 3.29. The average Bonchev–Trinajstić information content (AvgIpc) is 2.64. The summed E-state index contributed by atoms with van der Waals surface area (Å²) in [4.78, 5) is 25.4. The molecule has 144 valence electrons. The van der Waals surface area contributed by atoms with Crippen molar-refractivity contribution in [3.63, 3.8) is 0 Å². The second-order valence-corrected chi connectivity index (χ2v) is 7.57. The van der Waals surface area contributed by atoms with Gasteiger partial charge in [0.25, 0.3) is 0 Å². The van der Waals surface area contributed by atoms with Gasteiger partial charge in [-0.3, -0.25) is 14.8 Å². The number of nitrogens with two attached hydrogens (primary N) is 1. The summed E-state index contributed by atoms with van der Waals surface area (Å²) in [5, 5.41) is 9.42. The Hall–Kier alpha value is -1.34. The number of nitrogens with zero attached hydrogens (tertiary/aromatic N) is 1. The Morgan fingerprint density at radius 1 is 1.27 bits per heavy atom. The van der Waals surface area contributed by atoms with E-state index >= 15 is 0 Å². The summed E-state index contributed by atoms with van der Waals surface area (Å²) in [5.41, 5.74) is 8.62. The molecule has 1 saturated heterocycles. The van der Waals surface area contributed by atoms with Crippen molar-refractivity contribution in [1.82, 2.24) is 10.4 Å². The molecule has 4 N–H and O–H groups in total. The molecule has 1 atom stereocenters. The molecular weight excluding hydrogens is 377 g/mol. The van der Waals surface area contributed by atoms with E-state index in [0.717, 1.165) is 31.2 Å². The van der Waals surface area contributed by atoms with Gasteiger partial charge >= 0.3 is 0 Å². The highest BCUT2D eigenvalue weighted by atomic mass is 35.5. The number of likely N-dealkylation sites (tertiary alicyclic amines) is 1. The normalized spacial score (nSPS) is 16.4. The maximum atomic E-state index is 12.6. The zero-order valence-corrected chi connectivity index (χ0v) is 16.1. The first-order valence-electron chi connectivity index (χ1n) is 8.82. The average molecular weight is 402 g/mol. The Kier molecular flexibility index (Phi) is 8.15. The standard InChI is InChI=1S/C18H25Cl2N3O3/c19-14-5-4-13(10-15(14)20)11-16(21)18(25)23-8-6-12(7-9-23)2-1-3-17(24)22-26/h4-5,10,12,16,26H,1-3,6-9,11,21H2,(H,22,24)/t16-/m1/s1. The smallest absolute Gasteiger partial charge is 0.243 e. The van der Waals surface area contributed by atoms with Crippen molar-refractivity contribution in [2.75, 3.05) is 13.1 Å². The minimum Gasteiger partial charge on any atom is -0.341 e. The van der Waals surface area contributed by atoms with Crippen molar-refractivity contribution in [2.24, 2.45) is 11.7 Å². The lowest BCUT2D eigenvalue weighted by Crippen LogP contribution is -2.48. The molecule has 2 rings (SSSR count). The summed E-state index contributed by atoms with van der Waals surface area (Å²) in [5.74, 6) is 0.0944. The van der Waals surface area contributed by atoms with Crippen LogP contribution >= 0.6 is 23.2 Å². The van der Waals surface area contributed by atoms with Gasteiger partial charge in [0.1, 0.15) is 0 Å². The molecule has 1 aromatic carbocycles. The van der Waals surface area contributed by atoms with Gasteiger partial charge < -0.3 is 10.6 Å². The number of halogens is 2. The summed E-state index contributed by atoms with van der Waals surface area (Å²) in [7, 11) is 0. The van der Waals surface area contributed by atoms with Crippen LogP contribution in [-0.4, -0.2) is 41.1 Å². The number of piperidine rings is 1. The number of carbonyl (C=O) groups excluding carboxylic acids is 2. The number of hydrogen-bond donors (Lipinski definition) is 3. The summed E-state index contributed by atoms with van der Waals surface area (Å²) in [6.45, 7) is 1.37. The summed E-state index contributed by atoms with van der Waals surface area (Å²) < 4.78 is 0. The van der Waals surface area contributed by atoms with Gasteiger partial charge in [-0.05, 0) is 55.7 Å². The lowest BCUT2D eigenvalue weighted by atomic mass is 9.91. The number of amides is 2. The first-order valence-corrected chi connectivity index (χ1v) is 9.57. The van der Waals surface area contributed by atoms with E-state index in [2.05, 4.69) is 0 Å². The second kappa shape index (κ2) is 10.1. The van der Waals surface area contributed by atoms with Crippen molar-refractivity contribution in [3.05, 3.63) is 33.8 Å². The van der Waals surface area contributed by atoms with Crippen LogP contribution in [0.3, 0.4) is 0 Å². The van der Waals surface area contributed by atoms with Crippen LogP contribution in [0.1, 0.15) is 37.7 Å². The molecule has 1 fully saturated rings. The van der Waals surface area contributed by atoms with Crippen molar-refractivity contribution in [1.29, 1.82) is 0 Å². The number of carbonyl (C=O) groups is 2. The van der Waals surface area contributed by atoms with Crippen LogP contribution in [-0.2, 0) is 16.0 Å². The predicted octanol–water partition coefficient (Wildman–Crippen LogP) is 2.78. The van der Waals surface area contributed by atoms with E-state index in [1.165, 1.54) is 0 Å². The first-order chi connectivity index (χ1) is 12.4. The predicted molar refractivity (Wildman–Crippen MR) is 101 cm³/mol. The molecule has 2 amide bonds. The van der Waals surface area contributed by atoms with Crippen molar-refractivity contribution >= 4 is 35.0 Å². The van der Waals surface area contributed by atoms with E-state index in [4.69, 9.17) is 34.1 Å². The van der Waals surface area contributed by atoms with Crippen molar-refractivity contribution in [2.45, 2.75) is 44.6 Å². The molecule has 8 heteroatoms. The maximum Gasteiger partial charge on any atom is 0.243 e. The molecule has 0 aromatic heterocycles. The highest BCUT2D eigenvalue weighted by Crippen LogP contribution is 2.25. The minimum atomic E-state index is -0.600. The lowest BCUT2D eigenvalue weighted by Gasteiger charge is -2.33. The third-order valence-corrected chi connectivity index (χ3v) is 5.56. The fraction of sp³-hybridized carbons (Fsp3) is 0.556. The minimum absolute atomic E-state index is 0.0471. The molecule has 0 spiro atoms. The van der Waals surface area contributed by atoms with Gasteiger partial charge in [0.15, 0.2) is 0 Å². The van der Waals surface area contributed by atoms with Crippen LogP contribution in [0.15, 0.2) is 18.2 Å². The largest absolute Gasteiger partial charge is 0.341 e. The summed E-state index contributed by atoms with van der Waals surface area (Å²) in [6, 6.07) is 4.68. The van der Waals surface area contributed by atoms with Crippen LogP contribution in [0.5, 0.6) is 0 Å². The molecule has 0 saturated carbocycles. The Balaban J connectivity index is 1.76. The molecule has 26 heavy (non-hydrogen) atoms. The maximum absolute atomic E-state index is 12.6. The summed E-state index contributed by atoms with van der Waals surface area (Å²) >= 11 is 11.9. The van der Waals surface area contributed by atoms with E-state index in [0.29, 0.717) is 41.9 Å². The molecule has 1 aromatic rings. The van der Waals surface area contributed by atoms with Gasteiger partial charge in [0.2, 0.25) is 11.8 Å². The Morgan fingerprint density at radius 2 is 1.96 bits per heavy atom. The third kappa shape index (κ3) is 6.13. The molecule has 1 heterocycles. The van der Waals surface area contributed by atoms with Crippen molar-refractivity contribution in [3.8, 4) is 0 Å². The van der Waals surface area contributed by atoms with Crippen LogP contribution in [0, 0.1) is 5.92 Å². The number of nitrogens with one attached hydrogen (secondary N) is 1. The molecule has 0 aliphatic carbocycles. The third-order valence-electron chi connectivity index (χ3n) is 4.82. The molecule has 6 nitrogen and oxygen atoms in total. The van der Waals surface area contributed by atoms with Crippen LogP contribution in [0.2, 0.25) is 10.0 Å². The Morgan fingerprint density at radius 3 is 2.58 bits per heavy atom. The van der Waals surface area contributed by atoms with E-state index in [1.807, 2.05) is 11.0 Å². The Bertz CT molecular complexity index is 634. The van der Waals surface area contributed by atoms with E-state index < -0.39 is 6.04 Å². The highest BCUT2D eigenvalue weighted by Gasteiger charge is 2.26. The van der Waals surface area contributed by atoms with Gasteiger partial charge in [-0.25, -0.2) is 5.48 Å². The number of hydroxylamine groups is 1. The van der Waals surface area contributed by atoms with Crippen molar-refractivity contribution < 1.29 is 14.8 Å². The van der Waals surface area contributed by atoms with E-state index in [9.17, 15) is 9.59 Å². The quantitative estimate of drug-likeness (QED) is 0.483. The zero-order chi connectivity index (χ0) is 19.1. The van der Waals surface area contributed by atoms with Gasteiger partial charge in [0, 0.05) is 19.5 Å². The number of benzene rings is 1. The topological polar surface area (TPSA) is 95.7 Å². The summed E-state index contributed by atoms with van der Waals surface area (Å²) in [6.07, 6.45) is 4.22. The fourth-order valence-corrected chi connectivity index (χ4v) is 3.61. The number of hydrogen-bond acceptors (Lipinski definition) is 4. The van der Waals surface area contributed by atoms with Gasteiger partial charge in [-0.1, -0.05) is 29.3 Å². The van der Waals surface area contributed by atoms with Gasteiger partial charge in [0.05, 0.1) is 16.1 Å². The molecule has 0 unspecified atom stereocenters. The molecule has 1 aliphatic rings. The highest BCUT2D eigenvalue weighted by molar-refractivity contribution is 6.42. The molecule has 0 radical (unpaired) electrons. The zero-order valence-electron chi connectivity index (χ0n) is 14.6. The van der Waals surface area contributed by atoms with Crippen LogP contribution in [0.25, 0.3) is 0 Å². The molecule has 1 aliphatic heterocycles. The number of rotatable bonds is 7.